The second-order valence-electron chi connectivity index (χ2n) is 3.77. The summed E-state index contributed by atoms with van der Waals surface area (Å²) < 4.78 is 0.568. The van der Waals surface area contributed by atoms with Crippen molar-refractivity contribution in [3.63, 3.8) is 0 Å². The number of hydrogen-bond acceptors (Lipinski definition) is 3. The Kier molecular flexibility index (Phi) is 2.68. The zero-order chi connectivity index (χ0) is 12.5. The zero-order valence-corrected chi connectivity index (χ0v) is 10.8. The van der Waals surface area contributed by atoms with Crippen molar-refractivity contribution in [2.75, 3.05) is 0 Å². The normalized spacial score (nSPS) is 10.7. The fraction of sp³-hybridized carbons (Fsp3) is 0. The third-order valence-electron chi connectivity index (χ3n) is 2.59. The maximum absolute atomic E-state index is 11.6. The second-order valence-corrected chi connectivity index (χ2v) is 4.52. The average molecular weight is 302 g/mol. The summed E-state index contributed by atoms with van der Waals surface area (Å²) in [6, 6.07) is 11.1. The Morgan fingerprint density at radius 1 is 1.06 bits per heavy atom. The van der Waals surface area contributed by atoms with Crippen molar-refractivity contribution in [3.05, 3.63) is 57.4 Å². The first-order valence-corrected chi connectivity index (χ1v) is 6.15. The third-order valence-corrected chi connectivity index (χ3v) is 3.14. The fourth-order valence-corrected chi connectivity index (χ4v) is 2.24. The summed E-state index contributed by atoms with van der Waals surface area (Å²) in [5.41, 5.74) is 2.35. The van der Waals surface area contributed by atoms with Gasteiger partial charge in [0.1, 0.15) is 10.3 Å². The first kappa shape index (κ1) is 11.1. The number of pyridine rings is 1. The van der Waals surface area contributed by atoms with E-state index in [1.54, 1.807) is 6.20 Å². The molecule has 3 rings (SSSR count). The molecule has 0 amide bonds. The lowest BCUT2D eigenvalue weighted by molar-refractivity contribution is 1.19. The summed E-state index contributed by atoms with van der Waals surface area (Å²) in [4.78, 5) is 23.3. The molecule has 0 spiro atoms. The van der Waals surface area contributed by atoms with Gasteiger partial charge in [-0.1, -0.05) is 30.3 Å². The lowest BCUT2D eigenvalue weighted by Crippen LogP contribution is -2.05. The van der Waals surface area contributed by atoms with Crippen LogP contribution in [-0.4, -0.2) is 15.0 Å². The predicted molar refractivity (Wildman–Crippen MR) is 73.3 cm³/mol. The number of benzene rings is 1. The number of aromatic nitrogens is 3. The van der Waals surface area contributed by atoms with Gasteiger partial charge in [0.05, 0.1) is 0 Å². The smallest absolute Gasteiger partial charge is 0.209 e. The van der Waals surface area contributed by atoms with Gasteiger partial charge in [0.2, 0.25) is 5.43 Å². The van der Waals surface area contributed by atoms with E-state index >= 15 is 0 Å². The van der Waals surface area contributed by atoms with Gasteiger partial charge in [0.25, 0.3) is 0 Å². The molecule has 3 aromatic rings. The molecule has 0 saturated heterocycles. The lowest BCUT2D eigenvalue weighted by Gasteiger charge is -2.04. The van der Waals surface area contributed by atoms with E-state index in [1.165, 1.54) is 6.07 Å². The molecule has 88 valence electrons. The molecule has 0 atom stereocenters. The van der Waals surface area contributed by atoms with Gasteiger partial charge < -0.3 is 4.98 Å². The molecular formula is C13H8BrN3O. The highest BCUT2D eigenvalue weighted by Gasteiger charge is 2.10. The summed E-state index contributed by atoms with van der Waals surface area (Å²) in [5, 5.41) is 0. The van der Waals surface area contributed by atoms with Crippen molar-refractivity contribution >= 4 is 27.1 Å². The Labute approximate surface area is 111 Å². The van der Waals surface area contributed by atoms with Crippen molar-refractivity contribution in [1.82, 2.24) is 15.0 Å². The fourth-order valence-electron chi connectivity index (χ4n) is 1.74. The Balaban J connectivity index is 2.33. The van der Waals surface area contributed by atoms with Crippen LogP contribution in [0.4, 0.5) is 0 Å². The average Bonchev–Trinajstić information content (AvgIpc) is 2.40. The van der Waals surface area contributed by atoms with Crippen molar-refractivity contribution < 1.29 is 0 Å². The highest BCUT2D eigenvalue weighted by Crippen LogP contribution is 2.25. The Hall–Kier alpha value is -2.01. The summed E-state index contributed by atoms with van der Waals surface area (Å²) in [6.45, 7) is 0. The second kappa shape index (κ2) is 4.34. The number of aromatic amines is 1. The predicted octanol–water partition coefficient (Wildman–Crippen LogP) is 2.75. The van der Waals surface area contributed by atoms with Crippen LogP contribution in [0.25, 0.3) is 22.4 Å². The number of nitrogens with one attached hydrogen (secondary N) is 1. The summed E-state index contributed by atoms with van der Waals surface area (Å²) in [5.74, 6) is 0. The Bertz CT molecular complexity index is 768. The number of H-pyrrole nitrogens is 1. The van der Waals surface area contributed by atoms with E-state index in [4.69, 9.17) is 0 Å². The zero-order valence-electron chi connectivity index (χ0n) is 9.22. The molecule has 0 bridgehead atoms. The van der Waals surface area contributed by atoms with Gasteiger partial charge in [-0.25, -0.2) is 9.97 Å². The molecule has 1 N–H and O–H groups in total. The van der Waals surface area contributed by atoms with Gasteiger partial charge in [-0.3, -0.25) is 4.79 Å². The van der Waals surface area contributed by atoms with Gasteiger partial charge in [-0.15, -0.1) is 0 Å². The van der Waals surface area contributed by atoms with Crippen LogP contribution in [-0.2, 0) is 0 Å². The van der Waals surface area contributed by atoms with Crippen LogP contribution >= 0.6 is 15.9 Å². The number of hydrogen-bond donors (Lipinski definition) is 1. The van der Waals surface area contributed by atoms with E-state index in [2.05, 4.69) is 30.9 Å². The van der Waals surface area contributed by atoms with E-state index < -0.39 is 0 Å². The molecular weight excluding hydrogens is 294 g/mol. The van der Waals surface area contributed by atoms with Crippen LogP contribution in [0.15, 0.2) is 52.0 Å². The van der Waals surface area contributed by atoms with Crippen LogP contribution in [0.1, 0.15) is 0 Å². The Morgan fingerprint density at radius 3 is 2.61 bits per heavy atom. The third kappa shape index (κ3) is 1.82. The molecule has 0 radical (unpaired) electrons. The SMILES string of the molecule is O=c1cc[nH]c2nc(-c3ccccc3)c(Br)nc12. The molecule has 2 aromatic heterocycles. The highest BCUT2D eigenvalue weighted by atomic mass is 79.9. The molecule has 18 heavy (non-hydrogen) atoms. The quantitative estimate of drug-likeness (QED) is 0.752. The first-order valence-electron chi connectivity index (χ1n) is 5.36. The minimum Gasteiger partial charge on any atom is -0.345 e. The van der Waals surface area contributed by atoms with Crippen LogP contribution in [0.3, 0.4) is 0 Å². The standard InChI is InChI=1S/C13H8BrN3O/c14-12-10(8-4-2-1-3-5-8)17-13-11(16-12)9(18)6-7-15-13/h1-7H,(H,15,17,18). The van der Waals surface area contributed by atoms with E-state index in [0.717, 1.165) is 5.56 Å². The molecule has 0 unspecified atom stereocenters. The van der Waals surface area contributed by atoms with Crippen molar-refractivity contribution in [1.29, 1.82) is 0 Å². The van der Waals surface area contributed by atoms with E-state index in [0.29, 0.717) is 21.5 Å². The minimum absolute atomic E-state index is 0.142. The maximum Gasteiger partial charge on any atom is 0.209 e. The molecule has 1 aromatic carbocycles. The van der Waals surface area contributed by atoms with E-state index in [1.807, 2.05) is 30.3 Å². The van der Waals surface area contributed by atoms with Crippen LogP contribution in [0.2, 0.25) is 0 Å². The van der Waals surface area contributed by atoms with E-state index in [9.17, 15) is 4.79 Å². The van der Waals surface area contributed by atoms with Gasteiger partial charge in [-0.05, 0) is 15.9 Å². The highest BCUT2D eigenvalue weighted by molar-refractivity contribution is 9.10. The molecule has 0 aliphatic rings. The molecule has 2 heterocycles. The molecule has 5 heteroatoms. The summed E-state index contributed by atoms with van der Waals surface area (Å²) in [6.07, 6.45) is 1.57. The first-order chi connectivity index (χ1) is 8.75. The van der Waals surface area contributed by atoms with Crippen LogP contribution in [0.5, 0.6) is 0 Å². The molecule has 0 fully saturated rings. The van der Waals surface area contributed by atoms with E-state index in [-0.39, 0.29) is 5.43 Å². The van der Waals surface area contributed by atoms with Crippen molar-refractivity contribution in [3.8, 4) is 11.3 Å². The molecule has 4 nitrogen and oxygen atoms in total. The molecule has 0 saturated carbocycles. The van der Waals surface area contributed by atoms with Gasteiger partial charge >= 0.3 is 0 Å². The monoisotopic (exact) mass is 301 g/mol. The molecule has 0 aliphatic heterocycles. The van der Waals surface area contributed by atoms with Gasteiger partial charge in [0.15, 0.2) is 11.2 Å². The molecule has 0 aliphatic carbocycles. The van der Waals surface area contributed by atoms with Gasteiger partial charge in [0, 0.05) is 17.8 Å². The maximum atomic E-state index is 11.6. The number of fused-ring (bicyclic) bond motifs is 1. The number of halogens is 1. The minimum atomic E-state index is -0.142. The largest absolute Gasteiger partial charge is 0.345 e. The summed E-state index contributed by atoms with van der Waals surface area (Å²) in [7, 11) is 0. The van der Waals surface area contributed by atoms with Crippen LogP contribution < -0.4 is 5.43 Å². The Morgan fingerprint density at radius 2 is 1.83 bits per heavy atom. The topological polar surface area (TPSA) is 58.6 Å². The number of rotatable bonds is 1. The lowest BCUT2D eigenvalue weighted by atomic mass is 10.2. The van der Waals surface area contributed by atoms with Crippen molar-refractivity contribution in [2.24, 2.45) is 0 Å². The summed E-state index contributed by atoms with van der Waals surface area (Å²) >= 11 is 3.36. The van der Waals surface area contributed by atoms with Crippen LogP contribution in [0, 0.1) is 0 Å². The van der Waals surface area contributed by atoms with Gasteiger partial charge in [-0.2, -0.15) is 0 Å². The van der Waals surface area contributed by atoms with Crippen molar-refractivity contribution in [2.45, 2.75) is 0 Å². The number of nitrogens with zero attached hydrogens (tertiary/aromatic N) is 2.